The Hall–Kier alpha value is -3.15. The molecule has 0 bridgehead atoms. The van der Waals surface area contributed by atoms with Crippen molar-refractivity contribution in [2.24, 2.45) is 11.8 Å². The number of aliphatic hydroxyl groups excluding tert-OH is 1. The molecular formula is C35H42FN3O5S2. The highest BCUT2D eigenvalue weighted by Crippen LogP contribution is 2.37. The molecule has 3 atom stereocenters. The number of nitrogens with zero attached hydrogens (tertiary/aromatic N) is 3. The predicted octanol–water partition coefficient (Wildman–Crippen LogP) is 6.48. The number of likely N-dealkylation sites (tertiary alicyclic amines) is 1. The summed E-state index contributed by atoms with van der Waals surface area (Å²) in [5.41, 5.74) is 2.42. The maximum absolute atomic E-state index is 14.1. The molecule has 1 aromatic heterocycles. The summed E-state index contributed by atoms with van der Waals surface area (Å²) in [6.07, 6.45) is 6.24. The average molecular weight is 668 g/mol. The zero-order valence-electron chi connectivity index (χ0n) is 26.2. The summed E-state index contributed by atoms with van der Waals surface area (Å²) in [5.74, 6) is -1.30. The number of anilines is 1. The van der Waals surface area contributed by atoms with Gasteiger partial charge in [-0.25, -0.2) is 17.8 Å². The highest BCUT2D eigenvalue weighted by molar-refractivity contribution is 7.92. The molecule has 46 heavy (non-hydrogen) atoms. The van der Waals surface area contributed by atoms with Crippen molar-refractivity contribution in [2.45, 2.75) is 83.3 Å². The fourth-order valence-corrected chi connectivity index (χ4v) is 9.96. The van der Waals surface area contributed by atoms with Crippen LogP contribution >= 0.6 is 11.3 Å². The maximum atomic E-state index is 14.1. The van der Waals surface area contributed by atoms with E-state index >= 15 is 0 Å². The molecule has 6 rings (SSSR count). The molecule has 0 unspecified atom stereocenters. The van der Waals surface area contributed by atoms with Crippen LogP contribution in [-0.4, -0.2) is 60.0 Å². The highest BCUT2D eigenvalue weighted by atomic mass is 32.2. The number of amides is 1. The van der Waals surface area contributed by atoms with Crippen molar-refractivity contribution in [3.05, 3.63) is 81.1 Å². The topological polar surface area (TPSA) is 108 Å². The van der Waals surface area contributed by atoms with Gasteiger partial charge >= 0.3 is 0 Å². The minimum atomic E-state index is -3.61. The van der Waals surface area contributed by atoms with Gasteiger partial charge in [0.05, 0.1) is 23.6 Å². The molecule has 3 fully saturated rings. The van der Waals surface area contributed by atoms with E-state index in [1.54, 1.807) is 35.2 Å². The Bertz CT molecular complexity index is 1690. The second-order valence-corrected chi connectivity index (χ2v) is 16.0. The van der Waals surface area contributed by atoms with E-state index < -0.39 is 22.0 Å². The highest BCUT2D eigenvalue weighted by Gasteiger charge is 2.35. The Morgan fingerprint density at radius 2 is 1.80 bits per heavy atom. The lowest BCUT2D eigenvalue weighted by Crippen LogP contribution is -2.38. The first kappa shape index (κ1) is 32.8. The van der Waals surface area contributed by atoms with Crippen LogP contribution in [0.15, 0.2) is 47.8 Å². The van der Waals surface area contributed by atoms with Crippen LogP contribution < -0.4 is 4.31 Å². The minimum absolute atomic E-state index is 0.00927. The van der Waals surface area contributed by atoms with E-state index in [-0.39, 0.29) is 59.3 Å². The molecule has 1 amide bonds. The van der Waals surface area contributed by atoms with Crippen LogP contribution in [0.5, 0.6) is 0 Å². The molecule has 3 aliphatic rings. The Labute approximate surface area is 274 Å². The smallest absolute Gasteiger partial charge is 0.254 e. The third kappa shape index (κ3) is 7.21. The number of carbonyl (C=O) groups is 2. The van der Waals surface area contributed by atoms with Crippen LogP contribution in [0.3, 0.4) is 0 Å². The summed E-state index contributed by atoms with van der Waals surface area (Å²) >= 11 is 1.52. The molecule has 0 radical (unpaired) electrons. The van der Waals surface area contributed by atoms with Crippen molar-refractivity contribution in [1.29, 1.82) is 0 Å². The molecule has 1 aliphatic carbocycles. The standard InChI is InChI=1S/C35H42FN3O5S2/c1-23-22-45-34(37-23)31-12-7-13-38(31)35(42)28-18-26(19-30(20-28)39-14-4-5-15-46(39,43)44)32(40)21-27(33(41)25-9-2-3-10-25)16-24-8-6-11-29(36)17-24/h6,8,11,17-20,22,25,27,31,33,41H,2-5,7,9-10,12-16,21H2,1H3/t27-,31-,33-/m1/s1. The van der Waals surface area contributed by atoms with Crippen molar-refractivity contribution in [1.82, 2.24) is 9.88 Å². The van der Waals surface area contributed by atoms with Gasteiger partial charge in [-0.3, -0.25) is 13.9 Å². The number of hydrogen-bond donors (Lipinski definition) is 1. The van der Waals surface area contributed by atoms with Gasteiger partial charge in [0.1, 0.15) is 10.8 Å². The summed E-state index contributed by atoms with van der Waals surface area (Å²) in [6.45, 7) is 2.74. The van der Waals surface area contributed by atoms with E-state index in [2.05, 4.69) is 4.98 Å². The molecule has 1 saturated carbocycles. The number of hydrogen-bond acceptors (Lipinski definition) is 7. The van der Waals surface area contributed by atoms with E-state index in [0.717, 1.165) is 49.2 Å². The minimum Gasteiger partial charge on any atom is -0.393 e. The largest absolute Gasteiger partial charge is 0.393 e. The Morgan fingerprint density at radius 3 is 2.52 bits per heavy atom. The van der Waals surface area contributed by atoms with E-state index in [1.165, 1.54) is 27.8 Å². The lowest BCUT2D eigenvalue weighted by molar-refractivity contribution is 0.0456. The van der Waals surface area contributed by atoms with Crippen molar-refractivity contribution in [2.75, 3.05) is 23.1 Å². The van der Waals surface area contributed by atoms with Crippen LogP contribution in [0.4, 0.5) is 10.1 Å². The molecule has 3 aromatic rings. The SMILES string of the molecule is Cc1csc([C@H]2CCCN2C(=O)c2cc(C(=O)C[C@@H](Cc3cccc(F)c3)[C@H](O)C3CCCC3)cc(N3CCCCS3(=O)=O)c2)n1. The molecule has 2 aliphatic heterocycles. The van der Waals surface area contributed by atoms with E-state index in [4.69, 9.17) is 0 Å². The number of aromatic nitrogens is 1. The molecule has 3 heterocycles. The molecule has 246 valence electrons. The third-order valence-electron chi connectivity index (χ3n) is 9.76. The van der Waals surface area contributed by atoms with E-state index in [0.29, 0.717) is 37.1 Å². The van der Waals surface area contributed by atoms with Gasteiger partial charge in [-0.2, -0.15) is 0 Å². The van der Waals surface area contributed by atoms with Crippen molar-refractivity contribution >= 4 is 38.7 Å². The Morgan fingerprint density at radius 1 is 1.02 bits per heavy atom. The zero-order chi connectivity index (χ0) is 32.4. The van der Waals surface area contributed by atoms with Gasteiger partial charge in [0.25, 0.3) is 5.91 Å². The zero-order valence-corrected chi connectivity index (χ0v) is 27.9. The van der Waals surface area contributed by atoms with E-state index in [1.807, 2.05) is 12.3 Å². The first-order chi connectivity index (χ1) is 22.1. The number of halogens is 1. The molecule has 11 heteroatoms. The Balaban J connectivity index is 1.34. The monoisotopic (exact) mass is 667 g/mol. The summed E-state index contributed by atoms with van der Waals surface area (Å²) in [5, 5.41) is 14.3. The fraction of sp³-hybridized carbons (Fsp3) is 0.514. The number of thiazole rings is 1. The molecule has 1 N–H and O–H groups in total. The number of aryl methyl sites for hydroxylation is 1. The molecular weight excluding hydrogens is 626 g/mol. The number of benzene rings is 2. The van der Waals surface area contributed by atoms with Gasteiger partial charge in [-0.15, -0.1) is 11.3 Å². The van der Waals surface area contributed by atoms with Crippen LogP contribution in [0.25, 0.3) is 0 Å². The van der Waals surface area contributed by atoms with Crippen molar-refractivity contribution in [3.63, 3.8) is 0 Å². The van der Waals surface area contributed by atoms with Gasteiger partial charge in [-0.1, -0.05) is 25.0 Å². The molecule has 0 spiro atoms. The number of aliphatic hydroxyl groups is 1. The summed E-state index contributed by atoms with van der Waals surface area (Å²) < 4.78 is 41.7. The number of ketones is 1. The van der Waals surface area contributed by atoms with Gasteiger partial charge in [-0.05, 0) is 99.6 Å². The quantitative estimate of drug-likeness (QED) is 0.248. The lowest BCUT2D eigenvalue weighted by Gasteiger charge is -2.30. The molecule has 2 aromatic carbocycles. The molecule has 8 nitrogen and oxygen atoms in total. The van der Waals surface area contributed by atoms with Gasteiger partial charge in [0, 0.05) is 41.7 Å². The second-order valence-electron chi connectivity index (χ2n) is 13.1. The summed E-state index contributed by atoms with van der Waals surface area (Å²) in [4.78, 5) is 34.7. The number of rotatable bonds is 10. The van der Waals surface area contributed by atoms with Crippen molar-refractivity contribution < 1.29 is 27.5 Å². The third-order valence-corrected chi connectivity index (χ3v) is 12.7. The number of Topliss-reactive ketones (excluding diaryl/α,β-unsaturated/α-hetero) is 1. The van der Waals surface area contributed by atoms with Crippen molar-refractivity contribution in [3.8, 4) is 0 Å². The first-order valence-electron chi connectivity index (χ1n) is 16.4. The second kappa shape index (κ2) is 13.9. The van der Waals surface area contributed by atoms with Crippen LogP contribution in [-0.2, 0) is 16.4 Å². The predicted molar refractivity (Wildman–Crippen MR) is 177 cm³/mol. The maximum Gasteiger partial charge on any atom is 0.254 e. The number of carbonyl (C=O) groups excluding carboxylic acids is 2. The summed E-state index contributed by atoms with van der Waals surface area (Å²) in [6, 6.07) is 10.8. The van der Waals surface area contributed by atoms with Crippen LogP contribution in [0.2, 0.25) is 0 Å². The average Bonchev–Trinajstić information content (AvgIpc) is 3.82. The Kier molecular flexibility index (Phi) is 9.91. The lowest BCUT2D eigenvalue weighted by atomic mass is 9.81. The van der Waals surface area contributed by atoms with Crippen LogP contribution in [0, 0.1) is 24.6 Å². The van der Waals surface area contributed by atoms with Gasteiger partial charge in [0.2, 0.25) is 10.0 Å². The summed E-state index contributed by atoms with van der Waals surface area (Å²) in [7, 11) is -3.61. The number of sulfonamides is 1. The van der Waals surface area contributed by atoms with Gasteiger partial charge < -0.3 is 10.0 Å². The van der Waals surface area contributed by atoms with E-state index in [9.17, 15) is 27.5 Å². The van der Waals surface area contributed by atoms with Crippen LogP contribution in [0.1, 0.15) is 101 Å². The van der Waals surface area contributed by atoms with Gasteiger partial charge in [0.15, 0.2) is 5.78 Å². The normalized spacial score (nSPS) is 21.4. The fourth-order valence-electron chi connectivity index (χ4n) is 7.40. The first-order valence-corrected chi connectivity index (χ1v) is 18.9. The molecule has 2 saturated heterocycles.